The highest BCUT2D eigenvalue weighted by molar-refractivity contribution is 5.30. The third kappa shape index (κ3) is 2.23. The summed E-state index contributed by atoms with van der Waals surface area (Å²) < 4.78 is 0. The monoisotopic (exact) mass is 207 g/mol. The normalized spacial score (nSPS) is 21.8. The van der Waals surface area contributed by atoms with E-state index in [1.165, 1.54) is 0 Å². The molecule has 0 amide bonds. The van der Waals surface area contributed by atoms with E-state index < -0.39 is 0 Å². The molecule has 1 saturated heterocycles. The molecule has 1 aromatic rings. The lowest BCUT2D eigenvalue weighted by atomic mass is 10.1. The Labute approximate surface area is 89.7 Å². The van der Waals surface area contributed by atoms with Crippen LogP contribution in [0.15, 0.2) is 0 Å². The van der Waals surface area contributed by atoms with Crippen LogP contribution >= 0.6 is 0 Å². The predicted octanol–water partition coefficient (Wildman–Crippen LogP) is 0.416. The Balaban J connectivity index is 2.18. The topological polar surface area (TPSA) is 67.9 Å². The minimum absolute atomic E-state index is 0.240. The van der Waals surface area contributed by atoms with Crippen molar-refractivity contribution in [1.29, 1.82) is 0 Å². The quantitative estimate of drug-likeness (QED) is 0.722. The van der Waals surface area contributed by atoms with E-state index in [4.69, 9.17) is 5.73 Å². The predicted molar refractivity (Wildman–Crippen MR) is 58.7 cm³/mol. The average Bonchev–Trinajstić information content (AvgIpc) is 2.22. The van der Waals surface area contributed by atoms with Gasteiger partial charge < -0.3 is 10.6 Å². The van der Waals surface area contributed by atoms with Crippen molar-refractivity contribution < 1.29 is 0 Å². The van der Waals surface area contributed by atoms with Crippen molar-refractivity contribution in [2.75, 3.05) is 18.0 Å². The lowest BCUT2D eigenvalue weighted by molar-refractivity contribution is 0.497. The van der Waals surface area contributed by atoms with E-state index in [-0.39, 0.29) is 6.04 Å². The van der Waals surface area contributed by atoms with Crippen LogP contribution < -0.4 is 10.6 Å². The van der Waals surface area contributed by atoms with E-state index in [2.05, 4.69) is 20.1 Å². The Morgan fingerprint density at radius 3 is 2.73 bits per heavy atom. The molecule has 0 unspecified atom stereocenters. The van der Waals surface area contributed by atoms with Crippen molar-refractivity contribution in [2.45, 2.75) is 32.7 Å². The molecular formula is C10H17N5. The summed E-state index contributed by atoms with van der Waals surface area (Å²) in [5, 5.41) is 8.19. The lowest BCUT2D eigenvalue weighted by Gasteiger charge is -2.30. The number of nitrogens with zero attached hydrogens (tertiary/aromatic N) is 4. The summed E-state index contributed by atoms with van der Waals surface area (Å²) >= 11 is 0. The zero-order valence-electron chi connectivity index (χ0n) is 9.27. The minimum Gasteiger partial charge on any atom is -0.338 e. The van der Waals surface area contributed by atoms with Gasteiger partial charge >= 0.3 is 0 Å². The number of aryl methyl sites for hydroxylation is 2. The van der Waals surface area contributed by atoms with Crippen LogP contribution in [0.5, 0.6) is 0 Å². The molecule has 1 atom stereocenters. The maximum absolute atomic E-state index is 5.91. The van der Waals surface area contributed by atoms with Crippen molar-refractivity contribution in [3.05, 3.63) is 11.4 Å². The summed E-state index contributed by atoms with van der Waals surface area (Å²) in [7, 11) is 0. The van der Waals surface area contributed by atoms with Crippen molar-refractivity contribution in [3.63, 3.8) is 0 Å². The fourth-order valence-corrected chi connectivity index (χ4v) is 1.77. The summed E-state index contributed by atoms with van der Waals surface area (Å²) in [5.41, 5.74) is 7.75. The molecule has 0 aromatic carbocycles. The summed E-state index contributed by atoms with van der Waals surface area (Å²) in [6.45, 7) is 5.69. The fraction of sp³-hybridized carbons (Fsp3) is 0.700. The number of nitrogens with two attached hydrogens (primary N) is 1. The standard InChI is InChI=1S/C10H17N5/c1-7-8(2)13-14-10(12-7)15-5-3-4-9(11)6-15/h9H,3-6,11H2,1-2H3/t9-/m1/s1. The second-order valence-corrected chi connectivity index (χ2v) is 4.13. The van der Waals surface area contributed by atoms with E-state index in [1.807, 2.05) is 13.8 Å². The van der Waals surface area contributed by atoms with E-state index in [1.54, 1.807) is 0 Å². The van der Waals surface area contributed by atoms with Crippen LogP contribution in [0, 0.1) is 13.8 Å². The first-order valence-corrected chi connectivity index (χ1v) is 5.35. The molecule has 0 bridgehead atoms. The van der Waals surface area contributed by atoms with Crippen LogP contribution in [0.4, 0.5) is 5.95 Å². The van der Waals surface area contributed by atoms with E-state index in [0.717, 1.165) is 37.3 Å². The molecule has 82 valence electrons. The van der Waals surface area contributed by atoms with Gasteiger partial charge in [0.2, 0.25) is 5.95 Å². The van der Waals surface area contributed by atoms with Gasteiger partial charge in [0.05, 0.1) is 11.4 Å². The molecule has 0 aliphatic carbocycles. The van der Waals surface area contributed by atoms with Crippen LogP contribution in [-0.2, 0) is 0 Å². The van der Waals surface area contributed by atoms with Gasteiger partial charge in [-0.15, -0.1) is 5.10 Å². The highest BCUT2D eigenvalue weighted by atomic mass is 15.3. The molecule has 0 saturated carbocycles. The van der Waals surface area contributed by atoms with Gasteiger partial charge in [-0.1, -0.05) is 0 Å². The number of hydrogen-bond acceptors (Lipinski definition) is 5. The van der Waals surface area contributed by atoms with Gasteiger partial charge in [-0.05, 0) is 26.7 Å². The van der Waals surface area contributed by atoms with Crippen LogP contribution in [-0.4, -0.2) is 34.3 Å². The van der Waals surface area contributed by atoms with Crippen LogP contribution in [0.25, 0.3) is 0 Å². The highest BCUT2D eigenvalue weighted by Gasteiger charge is 2.19. The third-order valence-electron chi connectivity index (χ3n) is 2.82. The smallest absolute Gasteiger partial charge is 0.245 e. The molecule has 1 aliphatic rings. The number of anilines is 1. The van der Waals surface area contributed by atoms with Crippen LogP contribution in [0.2, 0.25) is 0 Å². The van der Waals surface area contributed by atoms with Crippen molar-refractivity contribution in [1.82, 2.24) is 15.2 Å². The van der Waals surface area contributed by atoms with Crippen molar-refractivity contribution in [2.24, 2.45) is 5.73 Å². The third-order valence-corrected chi connectivity index (χ3v) is 2.82. The van der Waals surface area contributed by atoms with Gasteiger partial charge in [0.25, 0.3) is 0 Å². The van der Waals surface area contributed by atoms with Crippen molar-refractivity contribution in [3.8, 4) is 0 Å². The fourth-order valence-electron chi connectivity index (χ4n) is 1.77. The molecule has 5 heteroatoms. The molecule has 1 aromatic heterocycles. The summed E-state index contributed by atoms with van der Waals surface area (Å²) in [4.78, 5) is 6.55. The van der Waals surface area contributed by atoms with Crippen LogP contribution in [0.3, 0.4) is 0 Å². The molecule has 2 N–H and O–H groups in total. The molecule has 2 heterocycles. The Hall–Kier alpha value is -1.23. The second-order valence-electron chi connectivity index (χ2n) is 4.13. The first-order chi connectivity index (χ1) is 7.16. The summed E-state index contributed by atoms with van der Waals surface area (Å²) in [6, 6.07) is 0.240. The molecule has 0 spiro atoms. The molecule has 15 heavy (non-hydrogen) atoms. The maximum atomic E-state index is 5.91. The van der Waals surface area contributed by atoms with Crippen molar-refractivity contribution >= 4 is 5.95 Å². The van der Waals surface area contributed by atoms with Gasteiger partial charge in [-0.25, -0.2) is 4.98 Å². The zero-order valence-corrected chi connectivity index (χ0v) is 9.27. The van der Waals surface area contributed by atoms with Gasteiger partial charge in [0.1, 0.15) is 0 Å². The molecule has 1 fully saturated rings. The van der Waals surface area contributed by atoms with Gasteiger partial charge in [0.15, 0.2) is 0 Å². The van der Waals surface area contributed by atoms with E-state index in [9.17, 15) is 0 Å². The Morgan fingerprint density at radius 1 is 1.27 bits per heavy atom. The maximum Gasteiger partial charge on any atom is 0.245 e. The van der Waals surface area contributed by atoms with E-state index >= 15 is 0 Å². The number of hydrogen-bond donors (Lipinski definition) is 1. The van der Waals surface area contributed by atoms with Gasteiger partial charge in [0, 0.05) is 19.1 Å². The highest BCUT2D eigenvalue weighted by Crippen LogP contribution is 2.14. The first-order valence-electron chi connectivity index (χ1n) is 5.35. The van der Waals surface area contributed by atoms with Crippen LogP contribution in [0.1, 0.15) is 24.2 Å². The minimum atomic E-state index is 0.240. The number of aromatic nitrogens is 3. The van der Waals surface area contributed by atoms with Gasteiger partial charge in [-0.3, -0.25) is 0 Å². The number of rotatable bonds is 1. The molecular weight excluding hydrogens is 190 g/mol. The lowest BCUT2D eigenvalue weighted by Crippen LogP contribution is -2.43. The number of piperidine rings is 1. The SMILES string of the molecule is Cc1nnc(N2CCC[C@@H](N)C2)nc1C. The average molecular weight is 207 g/mol. The Kier molecular flexibility index (Phi) is 2.81. The molecule has 1 aliphatic heterocycles. The summed E-state index contributed by atoms with van der Waals surface area (Å²) in [5.74, 6) is 0.716. The summed E-state index contributed by atoms with van der Waals surface area (Å²) in [6.07, 6.45) is 2.20. The zero-order chi connectivity index (χ0) is 10.8. The van der Waals surface area contributed by atoms with E-state index in [0.29, 0.717) is 5.95 Å². The first kappa shape index (κ1) is 10.3. The van der Waals surface area contributed by atoms with Gasteiger partial charge in [-0.2, -0.15) is 5.10 Å². The Morgan fingerprint density at radius 2 is 2.07 bits per heavy atom. The second kappa shape index (κ2) is 4.10. The Bertz CT molecular complexity index is 352. The largest absolute Gasteiger partial charge is 0.338 e. The molecule has 5 nitrogen and oxygen atoms in total. The molecule has 0 radical (unpaired) electrons. The molecule has 2 rings (SSSR count).